The Kier molecular flexibility index (Phi) is 3.82. The van der Waals surface area contributed by atoms with Gasteiger partial charge in [0.25, 0.3) is 0 Å². The first kappa shape index (κ1) is 14.2. The summed E-state index contributed by atoms with van der Waals surface area (Å²) in [6, 6.07) is 10.3. The summed E-state index contributed by atoms with van der Waals surface area (Å²) in [4.78, 5) is 8.42. The SMILES string of the molecule is Cc1cc(C)n(-c2cc(NCc3cccc(F)c3)ncn2)n1. The first-order chi connectivity index (χ1) is 10.6. The van der Waals surface area contributed by atoms with Gasteiger partial charge in [0.1, 0.15) is 18.0 Å². The van der Waals surface area contributed by atoms with Gasteiger partial charge in [-0.15, -0.1) is 0 Å². The fraction of sp³-hybridized carbons (Fsp3) is 0.188. The Bertz CT molecular complexity index is 797. The van der Waals surface area contributed by atoms with E-state index in [1.165, 1.54) is 18.5 Å². The van der Waals surface area contributed by atoms with Crippen LogP contribution in [0.4, 0.5) is 10.2 Å². The van der Waals surface area contributed by atoms with Gasteiger partial charge in [-0.2, -0.15) is 5.10 Å². The Labute approximate surface area is 127 Å². The smallest absolute Gasteiger partial charge is 0.159 e. The highest BCUT2D eigenvalue weighted by molar-refractivity contribution is 5.41. The van der Waals surface area contributed by atoms with Crippen LogP contribution in [0.5, 0.6) is 0 Å². The van der Waals surface area contributed by atoms with Crippen LogP contribution in [0.2, 0.25) is 0 Å². The van der Waals surface area contributed by atoms with E-state index in [0.717, 1.165) is 17.0 Å². The Balaban J connectivity index is 1.78. The van der Waals surface area contributed by atoms with Crippen molar-refractivity contribution in [1.82, 2.24) is 19.7 Å². The zero-order valence-corrected chi connectivity index (χ0v) is 12.4. The van der Waals surface area contributed by atoms with Crippen LogP contribution < -0.4 is 5.32 Å². The molecule has 0 radical (unpaired) electrons. The van der Waals surface area contributed by atoms with Gasteiger partial charge >= 0.3 is 0 Å². The summed E-state index contributed by atoms with van der Waals surface area (Å²) < 4.78 is 14.9. The van der Waals surface area contributed by atoms with Crippen LogP contribution in [0.15, 0.2) is 42.7 Å². The van der Waals surface area contributed by atoms with E-state index in [9.17, 15) is 4.39 Å². The zero-order valence-electron chi connectivity index (χ0n) is 12.4. The molecule has 0 amide bonds. The lowest BCUT2D eigenvalue weighted by atomic mass is 10.2. The maximum atomic E-state index is 13.2. The zero-order chi connectivity index (χ0) is 15.5. The first-order valence-corrected chi connectivity index (χ1v) is 6.96. The summed E-state index contributed by atoms with van der Waals surface area (Å²) in [5.74, 6) is 1.12. The number of halogens is 1. The van der Waals surface area contributed by atoms with Gasteiger partial charge in [0.05, 0.1) is 5.69 Å². The van der Waals surface area contributed by atoms with Crippen molar-refractivity contribution >= 4 is 5.82 Å². The molecule has 112 valence electrons. The molecule has 22 heavy (non-hydrogen) atoms. The van der Waals surface area contributed by atoms with Crippen molar-refractivity contribution in [2.45, 2.75) is 20.4 Å². The maximum Gasteiger partial charge on any atom is 0.159 e. The molecule has 0 aliphatic rings. The molecule has 0 saturated carbocycles. The number of aryl methyl sites for hydroxylation is 2. The fourth-order valence-corrected chi connectivity index (χ4v) is 2.26. The summed E-state index contributed by atoms with van der Waals surface area (Å²) in [7, 11) is 0. The standard InChI is InChI=1S/C16H16FN5/c1-11-6-12(2)22(21-11)16-8-15(19-10-20-16)18-9-13-4-3-5-14(17)7-13/h3-8,10H,9H2,1-2H3,(H,18,19,20). The Morgan fingerprint density at radius 3 is 2.73 bits per heavy atom. The van der Waals surface area contributed by atoms with Crippen molar-refractivity contribution in [2.75, 3.05) is 5.32 Å². The minimum atomic E-state index is -0.245. The molecule has 1 aromatic carbocycles. The van der Waals surface area contributed by atoms with Crippen LogP contribution >= 0.6 is 0 Å². The van der Waals surface area contributed by atoms with Crippen molar-refractivity contribution in [3.8, 4) is 5.82 Å². The average Bonchev–Trinajstić information content (AvgIpc) is 2.84. The fourth-order valence-electron chi connectivity index (χ4n) is 2.26. The number of nitrogens with zero attached hydrogens (tertiary/aromatic N) is 4. The van der Waals surface area contributed by atoms with Crippen LogP contribution in [0, 0.1) is 19.7 Å². The van der Waals surface area contributed by atoms with Gasteiger partial charge < -0.3 is 5.32 Å². The summed E-state index contributed by atoms with van der Waals surface area (Å²) in [5.41, 5.74) is 2.80. The van der Waals surface area contributed by atoms with Gasteiger partial charge in [-0.25, -0.2) is 19.0 Å². The molecule has 3 aromatic rings. The van der Waals surface area contributed by atoms with E-state index in [-0.39, 0.29) is 5.82 Å². The third-order valence-corrected chi connectivity index (χ3v) is 3.24. The third kappa shape index (κ3) is 3.11. The number of rotatable bonds is 4. The summed E-state index contributed by atoms with van der Waals surface area (Å²) in [6.45, 7) is 4.40. The van der Waals surface area contributed by atoms with E-state index in [2.05, 4.69) is 20.4 Å². The minimum absolute atomic E-state index is 0.245. The predicted octanol–water partition coefficient (Wildman–Crippen LogP) is 3.03. The Morgan fingerprint density at radius 1 is 1.14 bits per heavy atom. The van der Waals surface area contributed by atoms with Crippen LogP contribution in [-0.4, -0.2) is 19.7 Å². The molecular weight excluding hydrogens is 281 g/mol. The monoisotopic (exact) mass is 297 g/mol. The van der Waals surface area contributed by atoms with Crippen LogP contribution in [0.25, 0.3) is 5.82 Å². The first-order valence-electron chi connectivity index (χ1n) is 6.96. The summed E-state index contributed by atoms with van der Waals surface area (Å²) in [5, 5.41) is 7.57. The topological polar surface area (TPSA) is 55.6 Å². The van der Waals surface area contributed by atoms with Crippen LogP contribution in [0.1, 0.15) is 17.0 Å². The van der Waals surface area contributed by atoms with Crippen molar-refractivity contribution < 1.29 is 4.39 Å². The Hall–Kier alpha value is -2.76. The molecule has 0 saturated heterocycles. The molecule has 2 aromatic heterocycles. The second-order valence-electron chi connectivity index (χ2n) is 5.08. The van der Waals surface area contributed by atoms with Crippen LogP contribution in [0.3, 0.4) is 0 Å². The lowest BCUT2D eigenvalue weighted by Crippen LogP contribution is -2.06. The van der Waals surface area contributed by atoms with Crippen molar-refractivity contribution in [3.63, 3.8) is 0 Å². The molecule has 2 heterocycles. The van der Waals surface area contributed by atoms with Gasteiger partial charge in [0.15, 0.2) is 5.82 Å². The number of anilines is 1. The van der Waals surface area contributed by atoms with Gasteiger partial charge in [0.2, 0.25) is 0 Å². The lowest BCUT2D eigenvalue weighted by molar-refractivity contribution is 0.626. The van der Waals surface area contributed by atoms with Gasteiger partial charge in [0, 0.05) is 18.3 Å². The predicted molar refractivity (Wildman–Crippen MR) is 82.4 cm³/mol. The number of hydrogen-bond acceptors (Lipinski definition) is 4. The van der Waals surface area contributed by atoms with E-state index in [1.807, 2.05) is 32.0 Å². The summed E-state index contributed by atoms with van der Waals surface area (Å²) >= 11 is 0. The highest BCUT2D eigenvalue weighted by Crippen LogP contribution is 2.13. The molecule has 6 heteroatoms. The van der Waals surface area contributed by atoms with Gasteiger partial charge in [-0.3, -0.25) is 0 Å². The van der Waals surface area contributed by atoms with Crippen molar-refractivity contribution in [2.24, 2.45) is 0 Å². The number of aromatic nitrogens is 4. The molecule has 5 nitrogen and oxygen atoms in total. The molecular formula is C16H16FN5. The van der Waals surface area contributed by atoms with Crippen molar-refractivity contribution in [3.05, 3.63) is 65.5 Å². The van der Waals surface area contributed by atoms with E-state index < -0.39 is 0 Å². The van der Waals surface area contributed by atoms with Gasteiger partial charge in [-0.05, 0) is 37.6 Å². The van der Waals surface area contributed by atoms with E-state index >= 15 is 0 Å². The molecule has 0 fully saturated rings. The number of nitrogens with one attached hydrogen (secondary N) is 1. The second-order valence-corrected chi connectivity index (χ2v) is 5.08. The lowest BCUT2D eigenvalue weighted by Gasteiger charge is -2.08. The Morgan fingerprint density at radius 2 is 2.00 bits per heavy atom. The molecule has 0 unspecified atom stereocenters. The minimum Gasteiger partial charge on any atom is -0.366 e. The molecule has 0 bridgehead atoms. The third-order valence-electron chi connectivity index (χ3n) is 3.24. The number of hydrogen-bond donors (Lipinski definition) is 1. The molecule has 0 aliphatic carbocycles. The van der Waals surface area contributed by atoms with Gasteiger partial charge in [-0.1, -0.05) is 12.1 Å². The molecule has 0 atom stereocenters. The molecule has 0 aliphatic heterocycles. The average molecular weight is 297 g/mol. The van der Waals surface area contributed by atoms with E-state index in [4.69, 9.17) is 0 Å². The molecule has 0 spiro atoms. The maximum absolute atomic E-state index is 13.2. The highest BCUT2D eigenvalue weighted by Gasteiger charge is 2.06. The normalized spacial score (nSPS) is 10.7. The highest BCUT2D eigenvalue weighted by atomic mass is 19.1. The molecule has 1 N–H and O–H groups in total. The second kappa shape index (κ2) is 5.93. The summed E-state index contributed by atoms with van der Waals surface area (Å²) in [6.07, 6.45) is 1.49. The van der Waals surface area contributed by atoms with E-state index in [0.29, 0.717) is 18.2 Å². The van der Waals surface area contributed by atoms with Crippen molar-refractivity contribution in [1.29, 1.82) is 0 Å². The largest absolute Gasteiger partial charge is 0.366 e. The molecule has 3 rings (SSSR count). The van der Waals surface area contributed by atoms with Crippen LogP contribution in [-0.2, 0) is 6.54 Å². The number of benzene rings is 1. The quantitative estimate of drug-likeness (QED) is 0.804. The van der Waals surface area contributed by atoms with E-state index in [1.54, 1.807) is 10.7 Å².